The molecule has 0 spiro atoms. The lowest BCUT2D eigenvalue weighted by Crippen LogP contribution is -2.51. The van der Waals surface area contributed by atoms with Crippen molar-refractivity contribution < 1.29 is 28.2 Å². The van der Waals surface area contributed by atoms with Crippen molar-refractivity contribution in [3.05, 3.63) is 136 Å². The van der Waals surface area contributed by atoms with Crippen molar-refractivity contribution in [2.24, 2.45) is 0 Å². The van der Waals surface area contributed by atoms with Crippen LogP contribution in [-0.4, -0.2) is 67.9 Å². The normalized spacial score (nSPS) is 16.5. The fourth-order valence-electron chi connectivity index (χ4n) is 5.68. The quantitative estimate of drug-likeness (QED) is 0.156. The number of anilines is 1. The van der Waals surface area contributed by atoms with E-state index in [1.54, 1.807) is 0 Å². The van der Waals surface area contributed by atoms with E-state index in [1.165, 1.54) is 7.11 Å². The minimum absolute atomic E-state index is 0.127. The lowest BCUT2D eigenvalue weighted by molar-refractivity contribution is -0.118. The molecule has 0 bridgehead atoms. The van der Waals surface area contributed by atoms with E-state index in [-0.39, 0.29) is 18.7 Å². The summed E-state index contributed by atoms with van der Waals surface area (Å²) in [4.78, 5) is 52.5. The molecule has 11 nitrogen and oxygen atoms in total. The van der Waals surface area contributed by atoms with E-state index in [4.69, 9.17) is 9.47 Å². The van der Waals surface area contributed by atoms with Crippen LogP contribution < -0.4 is 26.8 Å². The van der Waals surface area contributed by atoms with Gasteiger partial charge in [-0.3, -0.25) is 14.4 Å². The number of alkyl carbamates (subject to hydrolysis) is 1. The van der Waals surface area contributed by atoms with Gasteiger partial charge in [-0.1, -0.05) is 78.9 Å². The van der Waals surface area contributed by atoms with Gasteiger partial charge in [-0.2, -0.15) is 0 Å². The summed E-state index contributed by atoms with van der Waals surface area (Å²) in [5.74, 6) is -2.41. The van der Waals surface area contributed by atoms with Crippen molar-refractivity contribution in [3.8, 4) is 0 Å². The Bertz CT molecular complexity index is 1710. The molecule has 1 saturated heterocycles. The van der Waals surface area contributed by atoms with Gasteiger partial charge in [0.2, 0.25) is 11.5 Å². The SMILES string of the molecule is COC(=O)N[C@H](C(=O)Nc1ccccc1CC[C@@H]1CN[C@H](CNC(=O)c2[nH]c(=O)ccc2F)CO1)C(c1ccccc1)c1ccccc1. The second-order valence-corrected chi connectivity index (χ2v) is 11.4. The summed E-state index contributed by atoms with van der Waals surface area (Å²) < 4.78 is 24.9. The second-order valence-electron chi connectivity index (χ2n) is 11.4. The summed E-state index contributed by atoms with van der Waals surface area (Å²) in [6.45, 7) is 1.02. The molecule has 2 heterocycles. The van der Waals surface area contributed by atoms with Crippen molar-refractivity contribution in [2.75, 3.05) is 32.1 Å². The van der Waals surface area contributed by atoms with E-state index >= 15 is 0 Å². The Hall–Kier alpha value is -5.33. The number of carbonyl (C=O) groups excluding carboxylic acids is 3. The molecule has 0 radical (unpaired) electrons. The molecule has 5 N–H and O–H groups in total. The maximum atomic E-state index is 14.0. The first-order valence-corrected chi connectivity index (χ1v) is 15.7. The summed E-state index contributed by atoms with van der Waals surface area (Å²) in [7, 11) is 1.26. The number of pyridine rings is 1. The molecule has 3 aromatic carbocycles. The summed E-state index contributed by atoms with van der Waals surface area (Å²) in [5, 5.41) is 11.8. The number of nitrogens with one attached hydrogen (secondary N) is 5. The largest absolute Gasteiger partial charge is 0.453 e. The molecule has 48 heavy (non-hydrogen) atoms. The molecule has 3 atom stereocenters. The van der Waals surface area contributed by atoms with Crippen molar-refractivity contribution in [2.45, 2.75) is 36.9 Å². The highest BCUT2D eigenvalue weighted by Gasteiger charge is 2.33. The van der Waals surface area contributed by atoms with Crippen molar-refractivity contribution in [1.82, 2.24) is 20.9 Å². The summed E-state index contributed by atoms with van der Waals surface area (Å²) in [6.07, 6.45) is 0.400. The maximum absolute atomic E-state index is 14.0. The molecular weight excluding hydrogens is 617 g/mol. The van der Waals surface area contributed by atoms with Gasteiger partial charge in [0.05, 0.1) is 19.8 Å². The molecule has 5 rings (SSSR count). The number of rotatable bonds is 12. The van der Waals surface area contributed by atoms with Crippen LogP contribution in [0, 0.1) is 5.82 Å². The number of aromatic amines is 1. The number of carbonyl (C=O) groups is 3. The second kappa shape index (κ2) is 16.5. The van der Waals surface area contributed by atoms with E-state index in [0.717, 1.165) is 28.8 Å². The third kappa shape index (κ3) is 8.93. The zero-order chi connectivity index (χ0) is 33.9. The van der Waals surface area contributed by atoms with Crippen LogP contribution in [0.3, 0.4) is 0 Å². The molecule has 0 saturated carbocycles. The first-order chi connectivity index (χ1) is 23.3. The fourth-order valence-corrected chi connectivity index (χ4v) is 5.68. The standard InChI is InChI=1S/C36H38FN5O6/c1-47-36(46)42-33(31(24-11-4-2-5-12-24)25-13-6-3-7-14-25)35(45)40-29-15-9-8-10-23(29)16-17-27-21-38-26(22-48-27)20-39-34(44)32-28(37)18-19-30(43)41-32/h2-15,18-19,26-27,31,33,38H,16-17,20-22H2,1H3,(H,39,44)(H,40,45)(H,41,43)(H,42,46)/t26-,27-,33+/m1/s1. The molecule has 1 fully saturated rings. The van der Waals surface area contributed by atoms with Gasteiger partial charge in [0.1, 0.15) is 11.7 Å². The zero-order valence-electron chi connectivity index (χ0n) is 26.4. The van der Waals surface area contributed by atoms with Gasteiger partial charge in [0, 0.05) is 36.8 Å². The van der Waals surface area contributed by atoms with Gasteiger partial charge in [-0.25, -0.2) is 9.18 Å². The number of hydrogen-bond donors (Lipinski definition) is 5. The Balaban J connectivity index is 1.21. The molecule has 0 aliphatic carbocycles. The van der Waals surface area contributed by atoms with Gasteiger partial charge in [-0.15, -0.1) is 0 Å². The first-order valence-electron chi connectivity index (χ1n) is 15.7. The molecule has 1 aromatic heterocycles. The van der Waals surface area contributed by atoms with E-state index in [0.29, 0.717) is 31.7 Å². The van der Waals surface area contributed by atoms with Crippen LogP contribution in [0.1, 0.15) is 39.5 Å². The minimum atomic E-state index is -0.989. The molecule has 250 valence electrons. The number of methoxy groups -OCH3 is 1. The van der Waals surface area contributed by atoms with E-state index < -0.39 is 46.9 Å². The average molecular weight is 656 g/mol. The van der Waals surface area contributed by atoms with Crippen LogP contribution in [0.4, 0.5) is 14.9 Å². The number of aryl methyl sites for hydroxylation is 1. The summed E-state index contributed by atoms with van der Waals surface area (Å²) in [6, 6.07) is 27.3. The van der Waals surface area contributed by atoms with Crippen LogP contribution in [0.2, 0.25) is 0 Å². The average Bonchev–Trinajstić information content (AvgIpc) is 3.12. The number of hydrogen-bond acceptors (Lipinski definition) is 7. The molecule has 0 unspecified atom stereocenters. The van der Waals surface area contributed by atoms with Gasteiger partial charge in [-0.05, 0) is 41.7 Å². The molecule has 4 aromatic rings. The Kier molecular flexibility index (Phi) is 11.7. The highest BCUT2D eigenvalue weighted by molar-refractivity contribution is 5.98. The van der Waals surface area contributed by atoms with Gasteiger partial charge >= 0.3 is 6.09 Å². The van der Waals surface area contributed by atoms with Gasteiger partial charge < -0.3 is 35.7 Å². The maximum Gasteiger partial charge on any atom is 0.407 e. The monoisotopic (exact) mass is 655 g/mol. The number of morpholine rings is 1. The number of benzene rings is 3. The topological polar surface area (TPSA) is 151 Å². The van der Waals surface area contributed by atoms with Crippen molar-refractivity contribution in [3.63, 3.8) is 0 Å². The van der Waals surface area contributed by atoms with Crippen LogP contribution in [0.15, 0.2) is 102 Å². The van der Waals surface area contributed by atoms with Crippen molar-refractivity contribution >= 4 is 23.6 Å². The number of ether oxygens (including phenoxy) is 2. The first kappa shape index (κ1) is 34.0. The predicted molar refractivity (Wildman–Crippen MR) is 178 cm³/mol. The number of aromatic nitrogens is 1. The summed E-state index contributed by atoms with van der Waals surface area (Å²) in [5.41, 5.74) is 2.26. The highest BCUT2D eigenvalue weighted by atomic mass is 19.1. The fraction of sp³-hybridized carbons (Fsp3) is 0.278. The van der Waals surface area contributed by atoms with E-state index in [9.17, 15) is 23.6 Å². The van der Waals surface area contributed by atoms with Gasteiger partial charge in [0.15, 0.2) is 5.82 Å². The third-order valence-electron chi connectivity index (χ3n) is 8.17. The van der Waals surface area contributed by atoms with Crippen molar-refractivity contribution in [1.29, 1.82) is 0 Å². The van der Waals surface area contributed by atoms with Crippen LogP contribution in [-0.2, 0) is 20.7 Å². The highest BCUT2D eigenvalue weighted by Crippen LogP contribution is 2.30. The summed E-state index contributed by atoms with van der Waals surface area (Å²) >= 11 is 0. The molecular formula is C36H38FN5O6. The minimum Gasteiger partial charge on any atom is -0.453 e. The number of halogens is 1. The Labute approximate surface area is 277 Å². The molecule has 3 amide bonds. The number of H-pyrrole nitrogens is 1. The molecule has 1 aliphatic rings. The molecule has 1 aliphatic heterocycles. The number of para-hydroxylation sites is 1. The lowest BCUT2D eigenvalue weighted by atomic mass is 9.84. The number of amides is 3. The predicted octanol–water partition coefficient (Wildman–Crippen LogP) is 3.73. The van der Waals surface area contributed by atoms with E-state index in [1.807, 2.05) is 84.9 Å². The smallest absolute Gasteiger partial charge is 0.407 e. The Morgan fingerprint density at radius 1 is 0.938 bits per heavy atom. The zero-order valence-corrected chi connectivity index (χ0v) is 26.4. The van der Waals surface area contributed by atoms with Gasteiger partial charge in [0.25, 0.3) is 5.91 Å². The molecule has 12 heteroatoms. The Morgan fingerprint density at radius 3 is 2.25 bits per heavy atom. The Morgan fingerprint density at radius 2 is 1.60 bits per heavy atom. The van der Waals surface area contributed by atoms with Crippen LogP contribution >= 0.6 is 0 Å². The van der Waals surface area contributed by atoms with E-state index in [2.05, 4.69) is 26.3 Å². The third-order valence-corrected chi connectivity index (χ3v) is 8.17. The lowest BCUT2D eigenvalue weighted by Gasteiger charge is -2.31. The van der Waals surface area contributed by atoms with Crippen LogP contribution in [0.25, 0.3) is 0 Å². The van der Waals surface area contributed by atoms with Crippen LogP contribution in [0.5, 0.6) is 0 Å².